The largest absolute Gasteiger partial charge is 0.494 e. The highest BCUT2D eigenvalue weighted by Crippen LogP contribution is 2.33. The molecule has 3 heterocycles. The van der Waals surface area contributed by atoms with Gasteiger partial charge in [0.2, 0.25) is 16.0 Å². The van der Waals surface area contributed by atoms with Crippen LogP contribution >= 0.6 is 0 Å². The van der Waals surface area contributed by atoms with Gasteiger partial charge < -0.3 is 35.3 Å². The van der Waals surface area contributed by atoms with Crippen LogP contribution in [0, 0.1) is 0 Å². The lowest BCUT2D eigenvalue weighted by Gasteiger charge is -2.35. The number of rotatable bonds is 13. The molecule has 14 heteroatoms. The van der Waals surface area contributed by atoms with Gasteiger partial charge in [-0.3, -0.25) is 0 Å². The fraction of sp³-hybridized carbons (Fsp3) is 0.607. The zero-order chi connectivity index (χ0) is 29.5. The first-order valence-corrected chi connectivity index (χ1v) is 16.4. The van der Waals surface area contributed by atoms with Crippen LogP contribution in [0.25, 0.3) is 11.2 Å². The van der Waals surface area contributed by atoms with Crippen LogP contribution in [-0.4, -0.2) is 114 Å². The number of hydrogen-bond acceptors (Lipinski definition) is 11. The van der Waals surface area contributed by atoms with Crippen molar-refractivity contribution in [3.8, 4) is 5.75 Å². The topological polar surface area (TPSA) is 152 Å². The van der Waals surface area contributed by atoms with Crippen LogP contribution in [0.2, 0.25) is 0 Å². The number of methoxy groups -OCH3 is 1. The minimum atomic E-state index is -3.32. The summed E-state index contributed by atoms with van der Waals surface area (Å²) in [6, 6.07) is 6.28. The van der Waals surface area contributed by atoms with E-state index in [2.05, 4.69) is 30.5 Å². The summed E-state index contributed by atoms with van der Waals surface area (Å²) in [6.45, 7) is 3.31. The van der Waals surface area contributed by atoms with Gasteiger partial charge in [0.15, 0.2) is 11.5 Å². The first-order chi connectivity index (χ1) is 20.4. The maximum atomic E-state index is 12.9. The number of aromatic nitrogens is 4. The SMILES string of the molecule is COc1cc(N2CCN(S(=O)(=O)CCCN(C)CCO)CC2)ccc1Nc1nc(NC2CCCCC2)c2[nH]cnc2n1. The maximum Gasteiger partial charge on any atom is 0.231 e. The molecule has 0 unspecified atom stereocenters. The van der Waals surface area contributed by atoms with Crippen molar-refractivity contribution in [1.29, 1.82) is 0 Å². The van der Waals surface area contributed by atoms with Crippen molar-refractivity contribution in [2.75, 3.05) is 81.3 Å². The lowest BCUT2D eigenvalue weighted by atomic mass is 9.95. The summed E-state index contributed by atoms with van der Waals surface area (Å²) in [5, 5.41) is 15.9. The van der Waals surface area contributed by atoms with Crippen molar-refractivity contribution >= 4 is 44.3 Å². The van der Waals surface area contributed by atoms with E-state index in [1.165, 1.54) is 19.3 Å². The predicted octanol–water partition coefficient (Wildman–Crippen LogP) is 2.62. The Morgan fingerprint density at radius 1 is 1.12 bits per heavy atom. The molecule has 2 aromatic heterocycles. The third-order valence-electron chi connectivity index (χ3n) is 8.08. The standard InChI is InChI=1S/C28H43N9O4S/c1-35(16-17-38)11-6-18-42(39,40)37-14-12-36(13-15-37)22-9-10-23(24(19-22)41-2)32-28-33-26-25(29-20-30-26)27(34-28)31-21-7-4-3-5-8-21/h9-10,19-21,38H,3-8,11-18H2,1-2H3,(H3,29,30,31,32,33,34). The second-order valence-corrected chi connectivity index (χ2v) is 13.2. The summed E-state index contributed by atoms with van der Waals surface area (Å²) >= 11 is 0. The number of nitrogens with one attached hydrogen (secondary N) is 3. The molecule has 0 bridgehead atoms. The number of sulfonamides is 1. The fourth-order valence-corrected chi connectivity index (χ4v) is 7.16. The maximum absolute atomic E-state index is 12.9. The molecule has 2 fully saturated rings. The van der Waals surface area contributed by atoms with E-state index >= 15 is 0 Å². The van der Waals surface area contributed by atoms with Gasteiger partial charge in [-0.25, -0.2) is 13.4 Å². The molecule has 1 aliphatic heterocycles. The van der Waals surface area contributed by atoms with Gasteiger partial charge in [0.05, 0.1) is 31.5 Å². The normalized spacial score (nSPS) is 17.2. The second kappa shape index (κ2) is 13.8. The highest BCUT2D eigenvalue weighted by molar-refractivity contribution is 7.89. The quantitative estimate of drug-likeness (QED) is 0.229. The Kier molecular flexibility index (Phi) is 9.98. The summed E-state index contributed by atoms with van der Waals surface area (Å²) in [5.41, 5.74) is 3.07. The first-order valence-electron chi connectivity index (χ1n) is 14.8. The molecule has 1 aromatic carbocycles. The van der Waals surface area contributed by atoms with Crippen molar-refractivity contribution in [3.63, 3.8) is 0 Å². The molecule has 1 aliphatic carbocycles. The van der Waals surface area contributed by atoms with Crippen molar-refractivity contribution in [2.24, 2.45) is 0 Å². The molecule has 1 saturated carbocycles. The van der Waals surface area contributed by atoms with Crippen molar-refractivity contribution in [3.05, 3.63) is 24.5 Å². The van der Waals surface area contributed by atoms with Crippen LogP contribution in [0.4, 0.5) is 23.1 Å². The van der Waals surface area contributed by atoms with Crippen molar-refractivity contribution < 1.29 is 18.3 Å². The van der Waals surface area contributed by atoms with E-state index in [1.54, 1.807) is 17.7 Å². The van der Waals surface area contributed by atoms with Gasteiger partial charge >= 0.3 is 0 Å². The number of ether oxygens (including phenoxy) is 1. The lowest BCUT2D eigenvalue weighted by molar-refractivity contribution is 0.222. The Labute approximate surface area is 247 Å². The molecule has 0 spiro atoms. The monoisotopic (exact) mass is 601 g/mol. The average Bonchev–Trinajstić information content (AvgIpc) is 3.47. The zero-order valence-corrected chi connectivity index (χ0v) is 25.4. The summed E-state index contributed by atoms with van der Waals surface area (Å²) in [7, 11) is 0.187. The molecule has 13 nitrogen and oxygen atoms in total. The smallest absolute Gasteiger partial charge is 0.231 e. The van der Waals surface area contributed by atoms with E-state index in [9.17, 15) is 8.42 Å². The number of aliphatic hydroxyl groups is 1. The van der Waals surface area contributed by atoms with Gasteiger partial charge in [-0.2, -0.15) is 14.3 Å². The average molecular weight is 602 g/mol. The number of fused-ring (bicyclic) bond motifs is 1. The molecule has 2 aliphatic rings. The van der Waals surface area contributed by atoms with Crippen LogP contribution in [0.1, 0.15) is 38.5 Å². The summed E-state index contributed by atoms with van der Waals surface area (Å²) in [4.78, 5) is 21.0. The summed E-state index contributed by atoms with van der Waals surface area (Å²) < 4.78 is 33.1. The molecule has 3 aromatic rings. The third-order valence-corrected chi connectivity index (χ3v) is 10.0. The van der Waals surface area contributed by atoms with Crippen molar-refractivity contribution in [1.82, 2.24) is 29.1 Å². The zero-order valence-electron chi connectivity index (χ0n) is 24.5. The molecule has 0 amide bonds. The molecule has 230 valence electrons. The molecule has 0 radical (unpaired) electrons. The Morgan fingerprint density at radius 2 is 1.90 bits per heavy atom. The van der Waals surface area contributed by atoms with E-state index in [1.807, 2.05) is 30.1 Å². The van der Waals surface area contributed by atoms with E-state index in [-0.39, 0.29) is 12.4 Å². The number of hydrogen-bond donors (Lipinski definition) is 4. The number of nitrogens with zero attached hydrogens (tertiary/aromatic N) is 6. The fourth-order valence-electron chi connectivity index (χ4n) is 5.69. The lowest BCUT2D eigenvalue weighted by Crippen LogP contribution is -2.49. The number of likely N-dealkylation sites (N-methyl/N-ethyl adjacent to an activating group) is 1. The number of aliphatic hydroxyl groups excluding tert-OH is 1. The van der Waals surface area contributed by atoms with Crippen LogP contribution < -0.4 is 20.3 Å². The van der Waals surface area contributed by atoms with Crippen LogP contribution in [0.3, 0.4) is 0 Å². The molecular weight excluding hydrogens is 558 g/mol. The molecule has 1 saturated heterocycles. The minimum absolute atomic E-state index is 0.0699. The van der Waals surface area contributed by atoms with Gasteiger partial charge in [-0.1, -0.05) is 19.3 Å². The highest BCUT2D eigenvalue weighted by Gasteiger charge is 2.27. The second-order valence-electron chi connectivity index (χ2n) is 11.1. The number of anilines is 4. The van der Waals surface area contributed by atoms with Crippen LogP contribution in [-0.2, 0) is 10.0 Å². The van der Waals surface area contributed by atoms with Gasteiger partial charge in [-0.15, -0.1) is 0 Å². The minimum Gasteiger partial charge on any atom is -0.494 e. The van der Waals surface area contributed by atoms with Gasteiger partial charge in [0, 0.05) is 50.5 Å². The highest BCUT2D eigenvalue weighted by atomic mass is 32.2. The molecule has 5 rings (SSSR count). The van der Waals surface area contributed by atoms with E-state index in [4.69, 9.17) is 14.8 Å². The Morgan fingerprint density at radius 3 is 2.64 bits per heavy atom. The molecule has 0 atom stereocenters. The number of aromatic amines is 1. The van der Waals surface area contributed by atoms with Crippen LogP contribution in [0.5, 0.6) is 5.75 Å². The number of piperazine rings is 1. The Bertz CT molecular complexity index is 1420. The predicted molar refractivity (Wildman–Crippen MR) is 165 cm³/mol. The van der Waals surface area contributed by atoms with Crippen LogP contribution in [0.15, 0.2) is 24.5 Å². The van der Waals surface area contributed by atoms with E-state index in [0.717, 1.165) is 35.6 Å². The number of H-pyrrole nitrogens is 1. The van der Waals surface area contributed by atoms with Gasteiger partial charge in [-0.05, 0) is 45.0 Å². The molecule has 4 N–H and O–H groups in total. The molecular formula is C28H43N9O4S. The number of benzene rings is 1. The molecule has 42 heavy (non-hydrogen) atoms. The Hall–Kier alpha value is -3.20. The number of imidazole rings is 1. The van der Waals surface area contributed by atoms with Gasteiger partial charge in [0.1, 0.15) is 11.3 Å². The van der Waals surface area contributed by atoms with E-state index < -0.39 is 10.0 Å². The summed E-state index contributed by atoms with van der Waals surface area (Å²) in [6.07, 6.45) is 8.15. The van der Waals surface area contributed by atoms with Gasteiger partial charge in [0.25, 0.3) is 0 Å². The summed E-state index contributed by atoms with van der Waals surface area (Å²) in [5.74, 6) is 1.93. The first kappa shape index (κ1) is 30.3. The van der Waals surface area contributed by atoms with E-state index in [0.29, 0.717) is 69.1 Å². The Balaban J connectivity index is 1.22. The van der Waals surface area contributed by atoms with Crippen molar-refractivity contribution in [2.45, 2.75) is 44.6 Å². The third kappa shape index (κ3) is 7.41.